The molecule has 1 aromatic heterocycles. The number of hydrogen-bond donors (Lipinski definition) is 1. The SMILES string of the molecule is CC(C)N(CC(=O)O)C(=O)c1ccnc(N(C)C)c1. The molecule has 1 N–H and O–H groups in total. The molecule has 0 saturated heterocycles. The van der Waals surface area contributed by atoms with Crippen LogP contribution < -0.4 is 4.90 Å². The maximum Gasteiger partial charge on any atom is 0.323 e. The van der Waals surface area contributed by atoms with Crippen LogP contribution in [-0.4, -0.2) is 53.5 Å². The molecule has 0 aliphatic carbocycles. The third kappa shape index (κ3) is 3.94. The molecule has 1 aromatic rings. The van der Waals surface area contributed by atoms with Gasteiger partial charge in [-0.3, -0.25) is 9.59 Å². The number of pyridine rings is 1. The Morgan fingerprint density at radius 1 is 1.37 bits per heavy atom. The Kier molecular flexibility index (Phi) is 4.86. The summed E-state index contributed by atoms with van der Waals surface area (Å²) < 4.78 is 0. The molecule has 0 aliphatic heterocycles. The van der Waals surface area contributed by atoms with Gasteiger partial charge in [-0.15, -0.1) is 0 Å². The van der Waals surface area contributed by atoms with Crippen LogP contribution in [-0.2, 0) is 4.79 Å². The number of rotatable bonds is 5. The summed E-state index contributed by atoms with van der Waals surface area (Å²) >= 11 is 0. The molecule has 0 aromatic carbocycles. The van der Waals surface area contributed by atoms with Crippen LogP contribution >= 0.6 is 0 Å². The minimum absolute atomic E-state index is 0.181. The van der Waals surface area contributed by atoms with Gasteiger partial charge in [0.2, 0.25) is 0 Å². The molecule has 19 heavy (non-hydrogen) atoms. The average molecular weight is 265 g/mol. The van der Waals surface area contributed by atoms with Crippen molar-refractivity contribution in [1.82, 2.24) is 9.88 Å². The van der Waals surface area contributed by atoms with Crippen LogP contribution in [0.25, 0.3) is 0 Å². The van der Waals surface area contributed by atoms with Gasteiger partial charge < -0.3 is 14.9 Å². The molecule has 0 fully saturated rings. The summed E-state index contributed by atoms with van der Waals surface area (Å²) in [5.41, 5.74) is 0.439. The highest BCUT2D eigenvalue weighted by Gasteiger charge is 2.21. The summed E-state index contributed by atoms with van der Waals surface area (Å²) in [7, 11) is 3.65. The predicted molar refractivity (Wildman–Crippen MR) is 72.4 cm³/mol. The number of carboxylic acids is 1. The van der Waals surface area contributed by atoms with Crippen molar-refractivity contribution < 1.29 is 14.7 Å². The zero-order chi connectivity index (χ0) is 14.6. The Labute approximate surface area is 112 Å². The molecule has 1 heterocycles. The van der Waals surface area contributed by atoms with E-state index in [0.29, 0.717) is 11.4 Å². The minimum atomic E-state index is -1.02. The number of carboxylic acid groups (broad SMARTS) is 1. The molecule has 0 radical (unpaired) electrons. The first-order valence-corrected chi connectivity index (χ1v) is 5.99. The van der Waals surface area contributed by atoms with Crippen molar-refractivity contribution in [2.75, 3.05) is 25.5 Å². The monoisotopic (exact) mass is 265 g/mol. The zero-order valence-corrected chi connectivity index (χ0v) is 11.6. The Morgan fingerprint density at radius 2 is 2.00 bits per heavy atom. The van der Waals surface area contributed by atoms with Gasteiger partial charge in [0.05, 0.1) is 0 Å². The largest absolute Gasteiger partial charge is 0.480 e. The number of carbonyl (C=O) groups excluding carboxylic acids is 1. The molecule has 0 bridgehead atoms. The molecule has 104 valence electrons. The maximum atomic E-state index is 12.3. The second-order valence-corrected chi connectivity index (χ2v) is 4.72. The van der Waals surface area contributed by atoms with Crippen molar-refractivity contribution in [1.29, 1.82) is 0 Å². The van der Waals surface area contributed by atoms with Crippen LogP contribution in [0.5, 0.6) is 0 Å². The second kappa shape index (κ2) is 6.17. The highest BCUT2D eigenvalue weighted by molar-refractivity contribution is 5.96. The van der Waals surface area contributed by atoms with Crippen molar-refractivity contribution in [2.24, 2.45) is 0 Å². The molecule has 0 spiro atoms. The first-order valence-electron chi connectivity index (χ1n) is 5.99. The fourth-order valence-corrected chi connectivity index (χ4v) is 1.60. The predicted octanol–water partition coefficient (Wildman–Crippen LogP) is 1.08. The lowest BCUT2D eigenvalue weighted by atomic mass is 10.2. The molecule has 0 saturated carbocycles. The van der Waals surface area contributed by atoms with Crippen LogP contribution in [0.15, 0.2) is 18.3 Å². The van der Waals surface area contributed by atoms with Crippen molar-refractivity contribution in [3.05, 3.63) is 23.9 Å². The smallest absolute Gasteiger partial charge is 0.323 e. The molecule has 1 amide bonds. The van der Waals surface area contributed by atoms with E-state index in [0.717, 1.165) is 0 Å². The van der Waals surface area contributed by atoms with Gasteiger partial charge in [0.25, 0.3) is 5.91 Å². The van der Waals surface area contributed by atoms with E-state index in [1.807, 2.05) is 14.1 Å². The Balaban J connectivity index is 3.02. The molecular weight excluding hydrogens is 246 g/mol. The third-order valence-electron chi connectivity index (χ3n) is 2.64. The van der Waals surface area contributed by atoms with E-state index in [-0.39, 0.29) is 18.5 Å². The zero-order valence-electron chi connectivity index (χ0n) is 11.6. The van der Waals surface area contributed by atoms with Crippen LogP contribution in [0.3, 0.4) is 0 Å². The number of aromatic nitrogens is 1. The van der Waals surface area contributed by atoms with Gasteiger partial charge in [-0.1, -0.05) is 0 Å². The Morgan fingerprint density at radius 3 is 2.47 bits per heavy atom. The lowest BCUT2D eigenvalue weighted by Gasteiger charge is -2.25. The van der Waals surface area contributed by atoms with E-state index >= 15 is 0 Å². The molecule has 0 aliphatic rings. The van der Waals surface area contributed by atoms with Crippen molar-refractivity contribution in [3.8, 4) is 0 Å². The van der Waals surface area contributed by atoms with Crippen molar-refractivity contribution in [2.45, 2.75) is 19.9 Å². The quantitative estimate of drug-likeness (QED) is 0.862. The molecule has 0 unspecified atom stereocenters. The van der Waals surface area contributed by atoms with E-state index in [9.17, 15) is 9.59 Å². The van der Waals surface area contributed by atoms with Crippen molar-refractivity contribution >= 4 is 17.7 Å². The van der Waals surface area contributed by atoms with Crippen LogP contribution in [0, 0.1) is 0 Å². The number of amides is 1. The highest BCUT2D eigenvalue weighted by atomic mass is 16.4. The fourth-order valence-electron chi connectivity index (χ4n) is 1.60. The molecule has 1 rings (SSSR count). The standard InChI is InChI=1S/C13H19N3O3/c1-9(2)16(8-12(17)18)13(19)10-5-6-14-11(7-10)15(3)4/h5-7,9H,8H2,1-4H3,(H,17,18). The van der Waals surface area contributed by atoms with Gasteiger partial charge >= 0.3 is 5.97 Å². The normalized spacial score (nSPS) is 10.4. The van der Waals surface area contributed by atoms with E-state index in [4.69, 9.17) is 5.11 Å². The number of carbonyl (C=O) groups is 2. The molecule has 6 nitrogen and oxygen atoms in total. The molecule has 6 heteroatoms. The third-order valence-corrected chi connectivity index (χ3v) is 2.64. The van der Waals surface area contributed by atoms with E-state index in [2.05, 4.69) is 4.98 Å². The van der Waals surface area contributed by atoms with Crippen LogP contribution in [0.2, 0.25) is 0 Å². The van der Waals surface area contributed by atoms with E-state index in [1.165, 1.54) is 4.90 Å². The summed E-state index contributed by atoms with van der Waals surface area (Å²) in [4.78, 5) is 30.4. The number of nitrogens with zero attached hydrogens (tertiary/aromatic N) is 3. The molecular formula is C13H19N3O3. The molecule has 0 atom stereocenters. The van der Waals surface area contributed by atoms with Gasteiger partial charge in [0, 0.05) is 31.9 Å². The lowest BCUT2D eigenvalue weighted by molar-refractivity contribution is -0.138. The van der Waals surface area contributed by atoms with E-state index in [1.54, 1.807) is 37.1 Å². The Bertz CT molecular complexity index is 472. The average Bonchev–Trinajstić information content (AvgIpc) is 2.34. The first kappa shape index (κ1) is 14.9. The minimum Gasteiger partial charge on any atom is -0.480 e. The Hall–Kier alpha value is -2.11. The van der Waals surface area contributed by atoms with Crippen molar-refractivity contribution in [3.63, 3.8) is 0 Å². The number of anilines is 1. The highest BCUT2D eigenvalue weighted by Crippen LogP contribution is 2.13. The van der Waals surface area contributed by atoms with Gasteiger partial charge in [0.1, 0.15) is 12.4 Å². The van der Waals surface area contributed by atoms with Gasteiger partial charge in [0.15, 0.2) is 0 Å². The second-order valence-electron chi connectivity index (χ2n) is 4.72. The maximum absolute atomic E-state index is 12.3. The summed E-state index contributed by atoms with van der Waals surface area (Å²) in [5, 5.41) is 8.86. The lowest BCUT2D eigenvalue weighted by Crippen LogP contribution is -2.40. The van der Waals surface area contributed by atoms with Crippen LogP contribution in [0.1, 0.15) is 24.2 Å². The van der Waals surface area contributed by atoms with Gasteiger partial charge in [-0.25, -0.2) is 4.98 Å². The summed E-state index contributed by atoms with van der Waals surface area (Å²) in [6, 6.07) is 3.06. The summed E-state index contributed by atoms with van der Waals surface area (Å²) in [6.45, 7) is 3.26. The van der Waals surface area contributed by atoms with Gasteiger partial charge in [-0.2, -0.15) is 0 Å². The van der Waals surface area contributed by atoms with Gasteiger partial charge in [-0.05, 0) is 26.0 Å². The fraction of sp³-hybridized carbons (Fsp3) is 0.462. The number of hydrogen-bond acceptors (Lipinski definition) is 4. The van der Waals surface area contributed by atoms with E-state index < -0.39 is 5.97 Å². The summed E-state index contributed by atoms with van der Waals surface area (Å²) in [6.07, 6.45) is 1.54. The van der Waals surface area contributed by atoms with Crippen LogP contribution in [0.4, 0.5) is 5.82 Å². The first-order chi connectivity index (χ1) is 8.82. The topological polar surface area (TPSA) is 73.7 Å². The number of aliphatic carboxylic acids is 1. The summed E-state index contributed by atoms with van der Waals surface area (Å²) in [5.74, 6) is -0.670.